The summed E-state index contributed by atoms with van der Waals surface area (Å²) in [6, 6.07) is 7.93. The monoisotopic (exact) mass is 416 g/mol. The van der Waals surface area contributed by atoms with Gasteiger partial charge in [0.25, 0.3) is 12.4 Å². The highest BCUT2D eigenvalue weighted by molar-refractivity contribution is 6.06. The van der Waals surface area contributed by atoms with Crippen LogP contribution in [-0.4, -0.2) is 37.4 Å². The number of aromatic nitrogens is 3. The van der Waals surface area contributed by atoms with Crippen molar-refractivity contribution in [2.24, 2.45) is 12.0 Å². The van der Waals surface area contributed by atoms with E-state index in [1.807, 2.05) is 18.5 Å². The Bertz CT molecular complexity index is 1320. The normalized spacial score (nSPS) is 19.4. The molecule has 0 radical (unpaired) electrons. The van der Waals surface area contributed by atoms with Crippen LogP contribution in [0.1, 0.15) is 29.7 Å². The third kappa shape index (κ3) is 3.04. The number of anilines is 1. The average Bonchev–Trinajstić information content (AvgIpc) is 3.32. The highest BCUT2D eigenvalue weighted by Crippen LogP contribution is 2.36. The third-order valence-electron chi connectivity index (χ3n) is 5.59. The van der Waals surface area contributed by atoms with Gasteiger partial charge in [-0.2, -0.15) is 10.4 Å². The molecule has 2 aliphatic rings. The van der Waals surface area contributed by atoms with E-state index in [4.69, 9.17) is 10.5 Å². The third-order valence-corrected chi connectivity index (χ3v) is 5.59. The van der Waals surface area contributed by atoms with Gasteiger partial charge >= 0.3 is 0 Å². The Morgan fingerprint density at radius 3 is 2.97 bits per heavy atom. The van der Waals surface area contributed by atoms with E-state index in [0.29, 0.717) is 29.1 Å². The summed E-state index contributed by atoms with van der Waals surface area (Å²) < 4.78 is 24.0. The molecule has 2 unspecified atom stereocenters. The smallest absolute Gasteiger partial charge is 0.286 e. The lowest BCUT2D eigenvalue weighted by molar-refractivity contribution is -0.412. The first-order valence-electron chi connectivity index (χ1n) is 9.76. The minimum Gasteiger partial charge on any atom is -0.482 e. The summed E-state index contributed by atoms with van der Waals surface area (Å²) in [5.74, 6) is 0.220. The highest BCUT2D eigenvalue weighted by Gasteiger charge is 2.34. The highest BCUT2D eigenvalue weighted by atomic mass is 19.1. The summed E-state index contributed by atoms with van der Waals surface area (Å²) in [6.45, 7) is 2.27. The summed E-state index contributed by atoms with van der Waals surface area (Å²) in [7, 11) is 1.84. The van der Waals surface area contributed by atoms with Crippen LogP contribution in [0.3, 0.4) is 0 Å². The number of nitriles is 1. The molecule has 0 amide bonds. The predicted molar refractivity (Wildman–Crippen MR) is 112 cm³/mol. The van der Waals surface area contributed by atoms with Crippen LogP contribution in [0.2, 0.25) is 0 Å². The van der Waals surface area contributed by atoms with E-state index in [0.717, 1.165) is 16.8 Å². The topological polar surface area (TPSA) is 105 Å². The number of nitrogens with zero attached hydrogens (tertiary/aromatic N) is 6. The quantitative estimate of drug-likeness (QED) is 0.567. The van der Waals surface area contributed by atoms with Crippen LogP contribution in [0, 0.1) is 17.1 Å². The maximum absolute atomic E-state index is 14.2. The molecular formula is C22H19FN7O+. The molecule has 2 N–H and O–H groups in total. The van der Waals surface area contributed by atoms with Crippen molar-refractivity contribution >= 4 is 17.9 Å². The van der Waals surface area contributed by atoms with Crippen LogP contribution in [0.5, 0.6) is 5.75 Å². The lowest BCUT2D eigenvalue weighted by Crippen LogP contribution is -2.25. The van der Waals surface area contributed by atoms with Gasteiger partial charge in [-0.3, -0.25) is 4.68 Å². The van der Waals surface area contributed by atoms with Gasteiger partial charge in [0.2, 0.25) is 0 Å². The van der Waals surface area contributed by atoms with Crippen molar-refractivity contribution in [2.75, 3.05) is 5.73 Å². The summed E-state index contributed by atoms with van der Waals surface area (Å²) in [5, 5.41) is 14.1. The van der Waals surface area contributed by atoms with E-state index in [1.54, 1.807) is 35.5 Å². The summed E-state index contributed by atoms with van der Waals surface area (Å²) in [5.41, 5.74) is 10.7. The Balaban J connectivity index is 1.81. The van der Waals surface area contributed by atoms with Crippen LogP contribution in [0.25, 0.3) is 11.3 Å². The van der Waals surface area contributed by atoms with Crippen molar-refractivity contribution in [2.45, 2.75) is 25.6 Å². The van der Waals surface area contributed by atoms with E-state index >= 15 is 0 Å². The number of nitrogen functional groups attached to an aromatic ring is 1. The van der Waals surface area contributed by atoms with E-state index in [2.05, 4.69) is 21.1 Å². The molecule has 0 aliphatic carbocycles. The first-order chi connectivity index (χ1) is 15.0. The molecule has 3 aromatic rings. The van der Waals surface area contributed by atoms with Crippen LogP contribution in [-0.2, 0) is 13.6 Å². The van der Waals surface area contributed by atoms with Gasteiger partial charge in [0, 0.05) is 35.5 Å². The number of hydrogen-bond acceptors (Lipinski definition) is 6. The lowest BCUT2D eigenvalue weighted by atomic mass is 9.97. The molecule has 9 heteroatoms. The molecule has 1 aromatic carbocycles. The number of halogens is 1. The van der Waals surface area contributed by atoms with Gasteiger partial charge in [-0.25, -0.2) is 13.9 Å². The molecule has 154 valence electrons. The fourth-order valence-electron chi connectivity index (χ4n) is 4.14. The first-order valence-corrected chi connectivity index (χ1v) is 9.76. The Hall–Kier alpha value is -4.06. The molecular weight excluding hydrogens is 397 g/mol. The van der Waals surface area contributed by atoms with Crippen LogP contribution in [0.4, 0.5) is 10.2 Å². The molecule has 0 saturated carbocycles. The number of aryl methyl sites for hydroxylation is 1. The standard InChI is InChI=1S/C22H18FN7O/c1-12-17-6-15(23)3-4-16(17)20-14(9-28-29(20)2)10-30-11-27-18(7-24)21(30)13-5-19(31-12)22(25)26-8-13/h3-6,8-9,11-12,18,25H,10H2,1-2H3/p+1. The minimum absolute atomic E-state index is 0.214. The van der Waals surface area contributed by atoms with Gasteiger partial charge in [-0.15, -0.1) is 0 Å². The zero-order chi connectivity index (χ0) is 21.7. The van der Waals surface area contributed by atoms with E-state index in [1.165, 1.54) is 12.1 Å². The molecule has 31 heavy (non-hydrogen) atoms. The lowest BCUT2D eigenvalue weighted by Gasteiger charge is -2.21. The molecule has 2 aliphatic heterocycles. The summed E-state index contributed by atoms with van der Waals surface area (Å²) in [4.78, 5) is 8.61. The SMILES string of the molecule is CC1Oc2cc(cnc2N)C2=[N+](C=NC2C#N)Cc2cnn(C)c2-c2ccc(F)cc21. The Morgan fingerprint density at radius 2 is 2.16 bits per heavy atom. The maximum atomic E-state index is 14.2. The van der Waals surface area contributed by atoms with Gasteiger partial charge in [0.1, 0.15) is 24.5 Å². The zero-order valence-electron chi connectivity index (χ0n) is 17.0. The summed E-state index contributed by atoms with van der Waals surface area (Å²) in [6.07, 6.45) is 4.52. The Kier molecular flexibility index (Phi) is 4.29. The molecule has 0 fully saturated rings. The van der Waals surface area contributed by atoms with Gasteiger partial charge in [-0.05, 0) is 31.2 Å². The largest absolute Gasteiger partial charge is 0.482 e. The number of fused-ring (bicyclic) bond motifs is 6. The minimum atomic E-state index is -0.667. The van der Waals surface area contributed by atoms with E-state index in [-0.39, 0.29) is 11.6 Å². The first kappa shape index (κ1) is 18.9. The van der Waals surface area contributed by atoms with Crippen molar-refractivity contribution in [3.05, 3.63) is 59.2 Å². The summed E-state index contributed by atoms with van der Waals surface area (Å²) >= 11 is 0. The van der Waals surface area contributed by atoms with Gasteiger partial charge in [0.05, 0.1) is 11.9 Å². The number of pyridine rings is 1. The molecule has 4 heterocycles. The second kappa shape index (κ2) is 7.02. The molecule has 2 aromatic heterocycles. The number of hydrogen-bond donors (Lipinski definition) is 1. The fraction of sp³-hybridized carbons (Fsp3) is 0.227. The molecule has 0 spiro atoms. The van der Waals surface area contributed by atoms with Gasteiger partial charge < -0.3 is 10.5 Å². The van der Waals surface area contributed by atoms with Gasteiger partial charge in [0.15, 0.2) is 17.3 Å². The van der Waals surface area contributed by atoms with E-state index in [9.17, 15) is 9.65 Å². The fourth-order valence-corrected chi connectivity index (χ4v) is 4.14. The molecule has 2 bridgehead atoms. The van der Waals surface area contributed by atoms with Crippen LogP contribution >= 0.6 is 0 Å². The van der Waals surface area contributed by atoms with Crippen LogP contribution < -0.4 is 10.5 Å². The number of benzene rings is 1. The molecule has 8 nitrogen and oxygen atoms in total. The maximum Gasteiger partial charge on any atom is 0.286 e. The second-order valence-electron chi connectivity index (χ2n) is 7.55. The molecule has 2 atom stereocenters. The molecule has 0 saturated heterocycles. The zero-order valence-corrected chi connectivity index (χ0v) is 17.0. The van der Waals surface area contributed by atoms with Crippen molar-refractivity contribution in [1.82, 2.24) is 14.8 Å². The van der Waals surface area contributed by atoms with Crippen molar-refractivity contribution in [3.63, 3.8) is 0 Å². The number of nitrogens with two attached hydrogens (primary N) is 1. The second-order valence-corrected chi connectivity index (χ2v) is 7.55. The number of ether oxygens (including phenoxy) is 1. The van der Waals surface area contributed by atoms with Crippen molar-refractivity contribution in [1.29, 1.82) is 5.26 Å². The molecule has 5 rings (SSSR count). The number of aliphatic imine (C=N–C) groups is 1. The van der Waals surface area contributed by atoms with E-state index < -0.39 is 12.1 Å². The predicted octanol–water partition coefficient (Wildman–Crippen LogP) is 2.59. The van der Waals surface area contributed by atoms with Gasteiger partial charge in [-0.1, -0.05) is 4.99 Å². The van der Waals surface area contributed by atoms with Crippen molar-refractivity contribution in [3.8, 4) is 23.1 Å². The number of rotatable bonds is 0. The Morgan fingerprint density at radius 1 is 1.32 bits per heavy atom. The van der Waals surface area contributed by atoms with Crippen LogP contribution in [0.15, 0.2) is 41.7 Å². The van der Waals surface area contributed by atoms with Crippen molar-refractivity contribution < 1.29 is 13.7 Å². The average molecular weight is 416 g/mol. The Labute approximate surface area is 177 Å².